The molecule has 0 bridgehead atoms. The average Bonchev–Trinajstić information content (AvgIpc) is 3.29. The molecule has 0 aromatic heterocycles. The van der Waals surface area contributed by atoms with Crippen molar-refractivity contribution in [2.24, 2.45) is 0 Å². The Labute approximate surface area is 481 Å². The number of hydrogen-bond acceptors (Lipinski definition) is 10. The van der Waals surface area contributed by atoms with Gasteiger partial charge in [-0.2, -0.15) is 0 Å². The van der Waals surface area contributed by atoms with Gasteiger partial charge in [-0.15, -0.1) is 0 Å². The van der Waals surface area contributed by atoms with Crippen molar-refractivity contribution in [2.45, 2.75) is 46.8 Å². The second kappa shape index (κ2) is 56.5. The Hall–Kier alpha value is 1.55. The molecule has 10 nitrogen and oxygen atoms in total. The van der Waals surface area contributed by atoms with Gasteiger partial charge < -0.3 is 62.6 Å². The topological polar surface area (TPSA) is 103 Å². The summed E-state index contributed by atoms with van der Waals surface area (Å²) < 4.78 is 50.0. The molecule has 0 atom stereocenters. The van der Waals surface area contributed by atoms with Crippen molar-refractivity contribution in [3.8, 4) is 34.5 Å². The first-order valence-electron chi connectivity index (χ1n) is 19.7. The van der Waals surface area contributed by atoms with Gasteiger partial charge in [0, 0.05) is 30.7 Å². The summed E-state index contributed by atoms with van der Waals surface area (Å²) in [6, 6.07) is 30.3. The van der Waals surface area contributed by atoms with E-state index in [2.05, 4.69) is 159 Å². The molecule has 0 aliphatic rings. The third-order valence-electron chi connectivity index (χ3n) is 6.94. The van der Waals surface area contributed by atoms with Crippen molar-refractivity contribution in [1.29, 1.82) is 0 Å². The monoisotopic (exact) mass is 1720 g/mol. The molecule has 0 heterocycles. The molecule has 1 N–H and O–H groups in total. The molecule has 0 spiro atoms. The Kier molecular flexibility index (Phi) is 63.5. The Morgan fingerprint density at radius 2 is 0.908 bits per heavy atom. The zero-order chi connectivity index (χ0) is 47.2. The van der Waals surface area contributed by atoms with Gasteiger partial charge in [-0.05, 0) is 52.7 Å². The molecule has 373 valence electrons. The van der Waals surface area contributed by atoms with Crippen LogP contribution in [0.5, 0.6) is 34.5 Å². The van der Waals surface area contributed by atoms with Crippen LogP contribution in [-0.2, 0) is 46.5 Å². The van der Waals surface area contributed by atoms with Crippen LogP contribution in [0.3, 0.4) is 0 Å². The van der Waals surface area contributed by atoms with Crippen molar-refractivity contribution >= 4 is 138 Å². The van der Waals surface area contributed by atoms with E-state index in [0.717, 1.165) is 61.5 Å². The molecule has 0 amide bonds. The first kappa shape index (κ1) is 73.1. The number of benzene rings is 4. The zero-order valence-corrected chi connectivity index (χ0v) is 55.8. The Bertz CT molecular complexity index is 1550. The van der Waals surface area contributed by atoms with E-state index in [0.29, 0.717) is 78.7 Å². The molecule has 0 saturated carbocycles. The van der Waals surface area contributed by atoms with Crippen LogP contribution in [0, 0.1) is 14.9 Å². The van der Waals surface area contributed by atoms with Crippen LogP contribution in [0.25, 0.3) is 0 Å². The van der Waals surface area contributed by atoms with Gasteiger partial charge in [0.05, 0.1) is 53.9 Å². The summed E-state index contributed by atoms with van der Waals surface area (Å²) >= 11 is 17.7. The molecule has 0 aliphatic carbocycles. The van der Waals surface area contributed by atoms with Gasteiger partial charge in [0.2, 0.25) is 0 Å². The molecule has 0 radical (unpaired) electrons. The number of phenols is 1. The minimum absolute atomic E-state index is 0. The SMILES string of the molecule is CCCOCCOCCBr.CCCOCCOCCOc1cc(OC)ccc1OCc1ccccc1.CCI.COc1ccc(OCc2ccccc2)c(O)c1.[CH3-].[CH3-].[I][V]([I])[I].[I][V][I]. The number of hydrogen-bond donors (Lipinski definition) is 1. The summed E-state index contributed by atoms with van der Waals surface area (Å²) in [4.78, 5) is -0.278. The van der Waals surface area contributed by atoms with Gasteiger partial charge in [-0.3, -0.25) is 0 Å². The molecule has 4 aromatic rings. The quantitative estimate of drug-likeness (QED) is 0.0316. The van der Waals surface area contributed by atoms with E-state index in [4.69, 9.17) is 42.6 Å². The van der Waals surface area contributed by atoms with Crippen molar-refractivity contribution < 1.29 is 62.1 Å². The fraction of sp³-hybridized carbons (Fsp3) is 0.435. The zero-order valence-electron chi connectivity index (χ0n) is 38.5. The summed E-state index contributed by atoms with van der Waals surface area (Å²) in [6.45, 7) is 13.1. The summed E-state index contributed by atoms with van der Waals surface area (Å²) in [5.41, 5.74) is 2.16. The Morgan fingerprint density at radius 1 is 0.538 bits per heavy atom. The molecule has 4 aromatic carbocycles. The summed E-state index contributed by atoms with van der Waals surface area (Å²) in [5.74, 6) is 3.19. The fourth-order valence-corrected chi connectivity index (χ4v) is 4.49. The summed E-state index contributed by atoms with van der Waals surface area (Å²) in [7, 11) is 3.81. The number of rotatable bonds is 24. The van der Waals surface area contributed by atoms with Crippen LogP contribution in [0.15, 0.2) is 97.1 Å². The molecule has 0 fully saturated rings. The molecule has 4 rings (SSSR count). The first-order chi connectivity index (χ1) is 30.6. The second-order valence-electron chi connectivity index (χ2n) is 11.7. The number of methoxy groups -OCH3 is 2. The van der Waals surface area contributed by atoms with Gasteiger partial charge in [0.15, 0.2) is 23.0 Å². The van der Waals surface area contributed by atoms with Gasteiger partial charge in [-0.25, -0.2) is 0 Å². The van der Waals surface area contributed by atoms with Crippen LogP contribution in [0.2, 0.25) is 0 Å². The van der Waals surface area contributed by atoms with E-state index in [1.807, 2.05) is 78.9 Å². The fourth-order valence-electron chi connectivity index (χ4n) is 4.26. The average molecular weight is 1720 g/mol. The molecule has 65 heavy (non-hydrogen) atoms. The van der Waals surface area contributed by atoms with Gasteiger partial charge >= 0.3 is 114 Å². The van der Waals surface area contributed by atoms with Gasteiger partial charge in [0.1, 0.15) is 31.3 Å². The van der Waals surface area contributed by atoms with Crippen LogP contribution in [-0.4, -0.2) is 88.5 Å². The molecule has 0 unspecified atom stereocenters. The maximum absolute atomic E-state index is 9.70. The second-order valence-corrected chi connectivity index (χ2v) is 61.2. The van der Waals surface area contributed by atoms with Crippen molar-refractivity contribution in [1.82, 2.24) is 0 Å². The predicted octanol–water partition coefficient (Wildman–Crippen LogP) is 15.7. The number of halogens is 7. The molecule has 19 heteroatoms. The normalized spacial score (nSPS) is 9.43. The van der Waals surface area contributed by atoms with E-state index in [-0.39, 0.29) is 25.5 Å². The Morgan fingerprint density at radius 3 is 1.31 bits per heavy atom. The van der Waals surface area contributed by atoms with E-state index in [9.17, 15) is 5.11 Å². The van der Waals surface area contributed by atoms with E-state index in [1.54, 1.807) is 26.4 Å². The van der Waals surface area contributed by atoms with E-state index < -0.39 is 0 Å². The molecule has 0 saturated heterocycles. The van der Waals surface area contributed by atoms with Crippen molar-refractivity contribution in [3.63, 3.8) is 0 Å². The summed E-state index contributed by atoms with van der Waals surface area (Å²) in [6.07, 6.45) is 2.10. The van der Waals surface area contributed by atoms with Crippen LogP contribution >= 0.6 is 138 Å². The predicted molar refractivity (Wildman–Crippen MR) is 320 cm³/mol. The standard InChI is InChI=1S/C21H28O5.C14H14O3.C7H15BrO2.C2H5I.2CH3.5HI.2V/c1-3-11-23-12-13-24-14-15-25-21-16-19(22-2)9-10-20(21)26-17-18-7-5-4-6-8-18;1-16-12-7-8-14(13(15)9-12)17-10-11-5-3-2-4-6-11;1-2-4-9-6-7-10-5-3-8;1-2-3;;;;;;;;;/h4-10,16H,3,11-15,17H2,1-2H3;2-9,15H,10H2,1H3;2-7H2,1H3;2H2,1H3;2*1H3;5*1H;;/q;;;;2*-1;;;;;;+2;+3/p-5. The van der Waals surface area contributed by atoms with Crippen molar-refractivity contribution in [3.05, 3.63) is 123 Å². The molecular weight excluding hydrogens is 1660 g/mol. The Balaban J connectivity index is -0.000000410. The van der Waals surface area contributed by atoms with Crippen LogP contribution < -0.4 is 23.7 Å². The number of alkyl halides is 2. The third kappa shape index (κ3) is 47.6. The first-order valence-corrected chi connectivity index (χ1v) is 44.9. The van der Waals surface area contributed by atoms with E-state index >= 15 is 0 Å². The minimum atomic E-state index is -0.278. The molecular formula is C46H68BrI6O10V2-2. The number of phenolic OH excluding ortho intramolecular Hbond substituents is 1. The summed E-state index contributed by atoms with van der Waals surface area (Å²) in [5, 5.41) is 10.6. The van der Waals surface area contributed by atoms with Crippen LogP contribution in [0.4, 0.5) is 0 Å². The molecule has 0 aliphatic heterocycles. The third-order valence-corrected chi connectivity index (χ3v) is 7.26. The number of ether oxygens (including phenoxy) is 9. The number of aromatic hydroxyl groups is 1. The van der Waals surface area contributed by atoms with Gasteiger partial charge in [0.25, 0.3) is 0 Å². The van der Waals surface area contributed by atoms with Crippen LogP contribution in [0.1, 0.15) is 44.7 Å². The van der Waals surface area contributed by atoms with Gasteiger partial charge in [-0.1, -0.05) is 120 Å². The van der Waals surface area contributed by atoms with E-state index in [1.165, 1.54) is 10.5 Å². The van der Waals surface area contributed by atoms with Crippen molar-refractivity contribution in [2.75, 3.05) is 83.4 Å². The maximum atomic E-state index is 9.70.